The summed E-state index contributed by atoms with van der Waals surface area (Å²) in [6, 6.07) is 3.53. The second-order valence-electron chi connectivity index (χ2n) is 5.56. The lowest BCUT2D eigenvalue weighted by Gasteiger charge is -2.28. The van der Waals surface area contributed by atoms with Crippen LogP contribution in [0.3, 0.4) is 0 Å². The van der Waals surface area contributed by atoms with Gasteiger partial charge in [0.1, 0.15) is 5.82 Å². The Bertz CT molecular complexity index is 586. The second-order valence-corrected chi connectivity index (χ2v) is 7.64. The molecule has 0 amide bonds. The minimum absolute atomic E-state index is 0.0427. The average molecular weight is 301 g/mol. The molecule has 0 fully saturated rings. The summed E-state index contributed by atoms with van der Waals surface area (Å²) < 4.78 is 37.3. The Hall–Kier alpha value is -0.980. The van der Waals surface area contributed by atoms with Gasteiger partial charge in [-0.1, -0.05) is 13.8 Å². The molecule has 0 aromatic heterocycles. The summed E-state index contributed by atoms with van der Waals surface area (Å²) in [5.41, 5.74) is 0.465. The van der Waals surface area contributed by atoms with Gasteiger partial charge in [-0.15, -0.1) is 0 Å². The molecule has 6 heteroatoms. The fourth-order valence-electron chi connectivity index (χ4n) is 2.32. The Morgan fingerprint density at radius 2 is 2.15 bits per heavy atom. The number of hydrogen-bond donors (Lipinski definition) is 2. The molecule has 2 rings (SSSR count). The van der Waals surface area contributed by atoms with Crippen molar-refractivity contribution in [3.63, 3.8) is 0 Å². The van der Waals surface area contributed by atoms with E-state index in [2.05, 4.69) is 5.32 Å². The first-order valence-corrected chi connectivity index (χ1v) is 8.40. The van der Waals surface area contributed by atoms with Crippen LogP contribution in [-0.4, -0.2) is 31.9 Å². The van der Waals surface area contributed by atoms with Crippen LogP contribution >= 0.6 is 0 Å². The van der Waals surface area contributed by atoms with Gasteiger partial charge in [-0.3, -0.25) is 0 Å². The van der Waals surface area contributed by atoms with Crippen molar-refractivity contribution >= 4 is 9.84 Å². The number of benzene rings is 1. The maximum Gasteiger partial charge on any atom is 0.178 e. The van der Waals surface area contributed by atoms with Crippen molar-refractivity contribution in [2.45, 2.75) is 37.3 Å². The van der Waals surface area contributed by atoms with Crippen LogP contribution in [0.25, 0.3) is 0 Å². The van der Waals surface area contributed by atoms with Crippen molar-refractivity contribution < 1.29 is 17.9 Å². The fourth-order valence-corrected chi connectivity index (χ4v) is 3.93. The van der Waals surface area contributed by atoms with Crippen LogP contribution in [0.5, 0.6) is 0 Å². The van der Waals surface area contributed by atoms with Gasteiger partial charge in [-0.2, -0.15) is 0 Å². The van der Waals surface area contributed by atoms with Gasteiger partial charge < -0.3 is 10.4 Å². The van der Waals surface area contributed by atoms with E-state index < -0.39 is 21.8 Å². The number of aliphatic hydroxyl groups is 1. The monoisotopic (exact) mass is 301 g/mol. The third kappa shape index (κ3) is 3.19. The molecule has 0 bridgehead atoms. The highest BCUT2D eigenvalue weighted by Crippen LogP contribution is 2.32. The molecule has 1 aromatic carbocycles. The molecule has 4 nitrogen and oxygen atoms in total. The Balaban J connectivity index is 2.23. The molecule has 2 N–H and O–H groups in total. The summed E-state index contributed by atoms with van der Waals surface area (Å²) in [5.74, 6) is -0.292. The van der Waals surface area contributed by atoms with Crippen molar-refractivity contribution in [1.82, 2.24) is 5.32 Å². The van der Waals surface area contributed by atoms with Crippen molar-refractivity contribution in [3.05, 3.63) is 29.6 Å². The van der Waals surface area contributed by atoms with Gasteiger partial charge >= 0.3 is 0 Å². The van der Waals surface area contributed by atoms with Crippen molar-refractivity contribution in [2.75, 3.05) is 12.3 Å². The van der Waals surface area contributed by atoms with E-state index in [0.717, 1.165) is 0 Å². The summed E-state index contributed by atoms with van der Waals surface area (Å²) in [6.45, 7) is 4.18. The number of halogens is 1. The zero-order chi connectivity index (χ0) is 14.9. The third-order valence-corrected chi connectivity index (χ3v) is 5.52. The first-order chi connectivity index (χ1) is 9.31. The van der Waals surface area contributed by atoms with Crippen LogP contribution in [-0.2, 0) is 9.84 Å². The molecule has 0 saturated heterocycles. The SMILES string of the molecule is CC(C)C(O)CNC1CCS(=O)(=O)c2ccc(F)cc21. The van der Waals surface area contributed by atoms with E-state index in [1.165, 1.54) is 18.2 Å². The largest absolute Gasteiger partial charge is 0.392 e. The molecule has 0 aliphatic carbocycles. The summed E-state index contributed by atoms with van der Waals surface area (Å²) in [5, 5.41) is 13.0. The quantitative estimate of drug-likeness (QED) is 0.830. The molecule has 112 valence electrons. The number of rotatable bonds is 4. The first-order valence-electron chi connectivity index (χ1n) is 6.75. The highest BCUT2D eigenvalue weighted by Gasteiger charge is 2.30. The lowest BCUT2D eigenvalue weighted by atomic mass is 10.0. The van der Waals surface area contributed by atoms with Gasteiger partial charge in [0.05, 0.1) is 16.8 Å². The number of sulfone groups is 1. The molecular weight excluding hydrogens is 281 g/mol. The third-order valence-electron chi connectivity index (χ3n) is 3.70. The normalized spacial score (nSPS) is 22.6. The van der Waals surface area contributed by atoms with E-state index in [1.807, 2.05) is 13.8 Å². The van der Waals surface area contributed by atoms with E-state index in [0.29, 0.717) is 18.5 Å². The Kier molecular flexibility index (Phi) is 4.46. The highest BCUT2D eigenvalue weighted by atomic mass is 32.2. The summed E-state index contributed by atoms with van der Waals surface area (Å²) in [7, 11) is -3.32. The second kappa shape index (κ2) is 5.79. The number of fused-ring (bicyclic) bond motifs is 1. The average Bonchev–Trinajstić information content (AvgIpc) is 2.37. The Morgan fingerprint density at radius 1 is 1.45 bits per heavy atom. The standard InChI is InChI=1S/C14H20FNO3S/c1-9(2)13(17)8-16-12-5-6-20(18,19)14-4-3-10(15)7-11(12)14/h3-4,7,9,12-13,16-17H,5-6,8H2,1-2H3. The van der Waals surface area contributed by atoms with Crippen LogP contribution in [0.4, 0.5) is 4.39 Å². The molecule has 1 aromatic rings. The number of nitrogens with one attached hydrogen (secondary N) is 1. The molecule has 20 heavy (non-hydrogen) atoms. The van der Waals surface area contributed by atoms with E-state index in [1.54, 1.807) is 0 Å². The van der Waals surface area contributed by atoms with E-state index in [4.69, 9.17) is 0 Å². The maximum absolute atomic E-state index is 13.4. The number of aliphatic hydroxyl groups excluding tert-OH is 1. The first kappa shape index (κ1) is 15.4. The molecule has 0 radical (unpaired) electrons. The van der Waals surface area contributed by atoms with Crippen LogP contribution < -0.4 is 5.32 Å². The van der Waals surface area contributed by atoms with Crippen LogP contribution in [0.1, 0.15) is 31.9 Å². The predicted octanol–water partition coefficient (Wildman–Crippen LogP) is 1.65. The topological polar surface area (TPSA) is 66.4 Å². The molecule has 1 heterocycles. The Labute approximate surface area is 118 Å². The lowest BCUT2D eigenvalue weighted by molar-refractivity contribution is 0.119. The lowest BCUT2D eigenvalue weighted by Crippen LogP contribution is -2.36. The van der Waals surface area contributed by atoms with Crippen LogP contribution in [0.15, 0.2) is 23.1 Å². The summed E-state index contributed by atoms with van der Waals surface area (Å²) in [6.07, 6.45) is -0.116. The summed E-state index contributed by atoms with van der Waals surface area (Å²) in [4.78, 5) is 0.196. The molecule has 0 spiro atoms. The molecule has 2 unspecified atom stereocenters. The van der Waals surface area contributed by atoms with Crippen molar-refractivity contribution in [3.8, 4) is 0 Å². The molecule has 2 atom stereocenters. The minimum Gasteiger partial charge on any atom is -0.392 e. The zero-order valence-corrected chi connectivity index (χ0v) is 12.5. The zero-order valence-electron chi connectivity index (χ0n) is 11.6. The van der Waals surface area contributed by atoms with E-state index in [-0.39, 0.29) is 22.6 Å². The smallest absolute Gasteiger partial charge is 0.178 e. The minimum atomic E-state index is -3.32. The summed E-state index contributed by atoms with van der Waals surface area (Å²) >= 11 is 0. The van der Waals surface area contributed by atoms with Crippen molar-refractivity contribution in [2.24, 2.45) is 5.92 Å². The maximum atomic E-state index is 13.4. The van der Waals surface area contributed by atoms with Gasteiger partial charge in [-0.25, -0.2) is 12.8 Å². The van der Waals surface area contributed by atoms with E-state index in [9.17, 15) is 17.9 Å². The highest BCUT2D eigenvalue weighted by molar-refractivity contribution is 7.91. The van der Waals surface area contributed by atoms with Gasteiger partial charge in [0.15, 0.2) is 9.84 Å². The van der Waals surface area contributed by atoms with Gasteiger partial charge in [-0.05, 0) is 36.1 Å². The van der Waals surface area contributed by atoms with Gasteiger partial charge in [0.25, 0.3) is 0 Å². The molecule has 1 aliphatic rings. The van der Waals surface area contributed by atoms with Crippen molar-refractivity contribution in [1.29, 1.82) is 0 Å². The van der Waals surface area contributed by atoms with Crippen LogP contribution in [0, 0.1) is 11.7 Å². The predicted molar refractivity (Wildman–Crippen MR) is 74.7 cm³/mol. The molecule has 1 aliphatic heterocycles. The molecular formula is C14H20FNO3S. The van der Waals surface area contributed by atoms with Gasteiger partial charge in [0, 0.05) is 12.6 Å². The van der Waals surface area contributed by atoms with Crippen LogP contribution in [0.2, 0.25) is 0 Å². The van der Waals surface area contributed by atoms with E-state index >= 15 is 0 Å². The Morgan fingerprint density at radius 3 is 2.80 bits per heavy atom. The van der Waals surface area contributed by atoms with Gasteiger partial charge in [0.2, 0.25) is 0 Å². The molecule has 0 saturated carbocycles. The number of hydrogen-bond acceptors (Lipinski definition) is 4. The fraction of sp³-hybridized carbons (Fsp3) is 0.571.